The summed E-state index contributed by atoms with van der Waals surface area (Å²) in [6.45, 7) is -0.236. The standard InChI is InChI=1S/C9H10N2O4S/c12-3-4-6(13)7-8(14-4)11-2-1-5(16)10-9(11)15-7/h1-2,4,6-8,12-13H,3H2/t4-,6-,7+,8-/m1/s1. The Kier molecular flexibility index (Phi) is 2.21. The van der Waals surface area contributed by atoms with Gasteiger partial charge in [-0.1, -0.05) is 12.2 Å². The van der Waals surface area contributed by atoms with E-state index in [1.807, 2.05) is 0 Å². The van der Waals surface area contributed by atoms with E-state index in [-0.39, 0.29) is 6.61 Å². The van der Waals surface area contributed by atoms with Crippen molar-refractivity contribution in [1.29, 1.82) is 0 Å². The maximum absolute atomic E-state index is 9.82. The first kappa shape index (κ1) is 10.2. The summed E-state index contributed by atoms with van der Waals surface area (Å²) in [5.74, 6) is 0. The normalized spacial score (nSPS) is 35.6. The molecule has 86 valence electrons. The van der Waals surface area contributed by atoms with Crippen LogP contribution in [0.5, 0.6) is 6.01 Å². The summed E-state index contributed by atoms with van der Waals surface area (Å²) in [4.78, 5) is 4.02. The summed E-state index contributed by atoms with van der Waals surface area (Å²) < 4.78 is 13.0. The molecule has 0 spiro atoms. The smallest absolute Gasteiger partial charge is 0.300 e. The molecule has 1 aromatic heterocycles. The number of nitrogens with zero attached hydrogens (tertiary/aromatic N) is 2. The molecule has 2 aliphatic rings. The van der Waals surface area contributed by atoms with E-state index in [0.29, 0.717) is 10.7 Å². The number of aliphatic hydroxyl groups excluding tert-OH is 2. The first-order chi connectivity index (χ1) is 7.70. The molecule has 0 radical (unpaired) electrons. The van der Waals surface area contributed by atoms with Crippen molar-refractivity contribution in [3.05, 3.63) is 16.9 Å². The van der Waals surface area contributed by atoms with E-state index in [9.17, 15) is 5.11 Å². The topological polar surface area (TPSA) is 76.7 Å². The second-order valence-corrected chi connectivity index (χ2v) is 4.19. The van der Waals surface area contributed by atoms with E-state index >= 15 is 0 Å². The largest absolute Gasteiger partial charge is 0.454 e. The molecule has 0 amide bonds. The van der Waals surface area contributed by atoms with Crippen molar-refractivity contribution < 1.29 is 19.7 Å². The van der Waals surface area contributed by atoms with Gasteiger partial charge < -0.3 is 19.7 Å². The highest BCUT2D eigenvalue weighted by molar-refractivity contribution is 7.71. The van der Waals surface area contributed by atoms with Crippen LogP contribution in [0.1, 0.15) is 6.23 Å². The van der Waals surface area contributed by atoms with Gasteiger partial charge >= 0.3 is 0 Å². The average Bonchev–Trinajstić information content (AvgIpc) is 2.75. The maximum atomic E-state index is 9.82. The molecule has 0 aromatic carbocycles. The number of hydrogen-bond donors (Lipinski definition) is 2. The Morgan fingerprint density at radius 2 is 2.38 bits per heavy atom. The molecule has 0 unspecified atom stereocenters. The summed E-state index contributed by atoms with van der Waals surface area (Å²) in [5, 5.41) is 18.8. The zero-order valence-electron chi connectivity index (χ0n) is 8.18. The van der Waals surface area contributed by atoms with Crippen LogP contribution in [0.3, 0.4) is 0 Å². The molecule has 0 saturated carbocycles. The van der Waals surface area contributed by atoms with Gasteiger partial charge in [-0.15, -0.1) is 0 Å². The number of aromatic nitrogens is 2. The van der Waals surface area contributed by atoms with Crippen LogP contribution in [-0.2, 0) is 4.74 Å². The molecule has 7 heteroatoms. The van der Waals surface area contributed by atoms with Crippen molar-refractivity contribution in [2.75, 3.05) is 6.61 Å². The van der Waals surface area contributed by atoms with Crippen LogP contribution in [0.15, 0.2) is 12.3 Å². The van der Waals surface area contributed by atoms with E-state index < -0.39 is 24.5 Å². The van der Waals surface area contributed by atoms with Gasteiger partial charge in [-0.3, -0.25) is 4.57 Å². The minimum Gasteiger partial charge on any atom is -0.454 e. The van der Waals surface area contributed by atoms with Crippen molar-refractivity contribution in [2.24, 2.45) is 0 Å². The Labute approximate surface area is 96.1 Å². The molecule has 2 N–H and O–H groups in total. The molecule has 16 heavy (non-hydrogen) atoms. The predicted molar refractivity (Wildman–Crippen MR) is 54.5 cm³/mol. The van der Waals surface area contributed by atoms with E-state index in [2.05, 4.69) is 4.98 Å². The number of ether oxygens (including phenoxy) is 2. The zero-order valence-corrected chi connectivity index (χ0v) is 9.00. The molecule has 4 atom stereocenters. The van der Waals surface area contributed by atoms with Crippen LogP contribution < -0.4 is 4.74 Å². The third-order valence-electron chi connectivity index (χ3n) is 2.81. The lowest BCUT2D eigenvalue weighted by atomic mass is 10.1. The molecule has 3 heterocycles. The SMILES string of the molecule is OC[C@H]1O[C@@H]2[C@@H](Oc3nc(=S)ccn32)[C@@H]1O. The van der Waals surface area contributed by atoms with Crippen LogP contribution >= 0.6 is 12.2 Å². The summed E-state index contributed by atoms with van der Waals surface area (Å²) in [6.07, 6.45) is -0.724. The third-order valence-corrected chi connectivity index (χ3v) is 3.04. The summed E-state index contributed by atoms with van der Waals surface area (Å²) in [6, 6.07) is 2.00. The Morgan fingerprint density at radius 3 is 3.12 bits per heavy atom. The maximum Gasteiger partial charge on any atom is 0.300 e. The molecule has 1 saturated heterocycles. The summed E-state index contributed by atoms with van der Waals surface area (Å²) in [7, 11) is 0. The second kappa shape index (κ2) is 3.49. The first-order valence-corrected chi connectivity index (χ1v) is 5.32. The molecule has 3 rings (SSSR count). The molecule has 1 fully saturated rings. The van der Waals surface area contributed by atoms with Gasteiger partial charge in [0, 0.05) is 6.20 Å². The highest BCUT2D eigenvalue weighted by Crippen LogP contribution is 2.38. The lowest BCUT2D eigenvalue weighted by Gasteiger charge is -2.14. The quantitative estimate of drug-likeness (QED) is 0.654. The van der Waals surface area contributed by atoms with E-state index in [1.165, 1.54) is 0 Å². The highest BCUT2D eigenvalue weighted by Gasteiger charge is 2.50. The summed E-state index contributed by atoms with van der Waals surface area (Å²) >= 11 is 4.91. The predicted octanol–water partition coefficient (Wildman–Crippen LogP) is -0.376. The number of rotatable bonds is 1. The minimum absolute atomic E-state index is 0.236. The van der Waals surface area contributed by atoms with Crippen molar-refractivity contribution >= 4 is 12.2 Å². The Balaban J connectivity index is 1.99. The summed E-state index contributed by atoms with van der Waals surface area (Å²) in [5.41, 5.74) is 0. The van der Waals surface area contributed by atoms with Crippen LogP contribution in [-0.4, -0.2) is 44.7 Å². The Hall–Kier alpha value is -1.02. The van der Waals surface area contributed by atoms with E-state index in [0.717, 1.165) is 0 Å². The fourth-order valence-corrected chi connectivity index (χ4v) is 2.16. The number of fused-ring (bicyclic) bond motifs is 3. The van der Waals surface area contributed by atoms with Crippen LogP contribution in [0, 0.1) is 4.64 Å². The molecular weight excluding hydrogens is 232 g/mol. The van der Waals surface area contributed by atoms with Crippen molar-refractivity contribution in [3.8, 4) is 6.01 Å². The van der Waals surface area contributed by atoms with Gasteiger partial charge in [-0.2, -0.15) is 4.98 Å². The lowest BCUT2D eigenvalue weighted by molar-refractivity contribution is -0.0434. The van der Waals surface area contributed by atoms with Crippen LogP contribution in [0.25, 0.3) is 0 Å². The van der Waals surface area contributed by atoms with Crippen molar-refractivity contribution in [1.82, 2.24) is 9.55 Å². The zero-order chi connectivity index (χ0) is 11.3. The van der Waals surface area contributed by atoms with Gasteiger partial charge in [0.1, 0.15) is 16.8 Å². The van der Waals surface area contributed by atoms with Gasteiger partial charge in [0.25, 0.3) is 6.01 Å². The minimum atomic E-state index is -0.856. The molecule has 0 bridgehead atoms. The van der Waals surface area contributed by atoms with Crippen molar-refractivity contribution in [2.45, 2.75) is 24.5 Å². The molecular formula is C9H10N2O4S. The van der Waals surface area contributed by atoms with Gasteiger partial charge in [0.2, 0.25) is 0 Å². The lowest BCUT2D eigenvalue weighted by Crippen LogP contribution is -2.34. The highest BCUT2D eigenvalue weighted by atomic mass is 32.1. The Morgan fingerprint density at radius 1 is 1.56 bits per heavy atom. The van der Waals surface area contributed by atoms with Crippen molar-refractivity contribution in [3.63, 3.8) is 0 Å². The third kappa shape index (κ3) is 1.29. The monoisotopic (exact) mass is 242 g/mol. The van der Waals surface area contributed by atoms with E-state index in [1.54, 1.807) is 16.8 Å². The molecule has 0 aliphatic carbocycles. The first-order valence-electron chi connectivity index (χ1n) is 4.91. The number of aliphatic hydroxyl groups is 2. The van der Waals surface area contributed by atoms with Gasteiger partial charge in [-0.25, -0.2) is 0 Å². The number of hydrogen-bond acceptors (Lipinski definition) is 6. The van der Waals surface area contributed by atoms with E-state index in [4.69, 9.17) is 26.8 Å². The fourth-order valence-electron chi connectivity index (χ4n) is 2.02. The van der Waals surface area contributed by atoms with Crippen LogP contribution in [0.4, 0.5) is 0 Å². The molecule has 1 aromatic rings. The average molecular weight is 242 g/mol. The Bertz CT molecular complexity index is 477. The van der Waals surface area contributed by atoms with Gasteiger partial charge in [0.15, 0.2) is 12.3 Å². The second-order valence-electron chi connectivity index (χ2n) is 3.78. The molecule has 2 aliphatic heterocycles. The molecule has 6 nitrogen and oxygen atoms in total. The van der Waals surface area contributed by atoms with Gasteiger partial charge in [-0.05, 0) is 6.07 Å². The van der Waals surface area contributed by atoms with Crippen LogP contribution in [0.2, 0.25) is 0 Å². The fraction of sp³-hybridized carbons (Fsp3) is 0.556. The van der Waals surface area contributed by atoms with Gasteiger partial charge in [0.05, 0.1) is 6.61 Å².